The van der Waals surface area contributed by atoms with E-state index in [0.717, 1.165) is 0 Å². The summed E-state index contributed by atoms with van der Waals surface area (Å²) < 4.78 is 0. The molecular weight excluding hydrogens is 450 g/mol. The van der Waals surface area contributed by atoms with Gasteiger partial charge in [-0.15, -0.1) is 0 Å². The Balaban J connectivity index is 2.00. The average molecular weight is 484 g/mol. The third kappa shape index (κ3) is 6.65. The molecular formula is C21H33N5O8. The molecule has 0 bridgehead atoms. The van der Waals surface area contributed by atoms with Gasteiger partial charge in [-0.05, 0) is 46.0 Å². The maximum absolute atomic E-state index is 13.0. The summed E-state index contributed by atoms with van der Waals surface area (Å²) in [5.74, 6) is -4.58. The summed E-state index contributed by atoms with van der Waals surface area (Å²) in [6, 6.07) is -4.77. The quantitative estimate of drug-likeness (QED) is 0.239. The number of amides is 4. The largest absolute Gasteiger partial charge is 0.481 e. The average Bonchev–Trinajstić information content (AvgIpc) is 3.44. The predicted molar refractivity (Wildman–Crippen MR) is 117 cm³/mol. The van der Waals surface area contributed by atoms with Crippen LogP contribution in [0.5, 0.6) is 0 Å². The van der Waals surface area contributed by atoms with Crippen LogP contribution in [0.2, 0.25) is 0 Å². The summed E-state index contributed by atoms with van der Waals surface area (Å²) in [5.41, 5.74) is 5.65. The molecule has 0 aliphatic carbocycles. The summed E-state index contributed by atoms with van der Waals surface area (Å²) >= 11 is 0. The van der Waals surface area contributed by atoms with Crippen molar-refractivity contribution in [2.75, 3.05) is 13.1 Å². The van der Waals surface area contributed by atoms with Gasteiger partial charge in [0.05, 0.1) is 6.04 Å². The van der Waals surface area contributed by atoms with Crippen LogP contribution in [0.3, 0.4) is 0 Å². The normalized spacial score (nSPS) is 22.6. The number of rotatable bonds is 10. The van der Waals surface area contributed by atoms with Crippen LogP contribution >= 0.6 is 0 Å². The van der Waals surface area contributed by atoms with Crippen molar-refractivity contribution in [3.63, 3.8) is 0 Å². The molecule has 2 fully saturated rings. The van der Waals surface area contributed by atoms with Crippen molar-refractivity contribution in [3.05, 3.63) is 0 Å². The molecule has 13 heteroatoms. The molecule has 2 rings (SSSR count). The summed E-state index contributed by atoms with van der Waals surface area (Å²) in [6.45, 7) is 3.68. The van der Waals surface area contributed by atoms with Crippen molar-refractivity contribution in [1.29, 1.82) is 0 Å². The first kappa shape index (κ1) is 27.0. The second-order valence-corrected chi connectivity index (χ2v) is 8.73. The predicted octanol–water partition coefficient (Wildman–Crippen LogP) is -1.75. The Morgan fingerprint density at radius 3 is 1.85 bits per heavy atom. The smallest absolute Gasteiger partial charge is 0.326 e. The van der Waals surface area contributed by atoms with E-state index >= 15 is 0 Å². The number of carbonyl (C=O) groups excluding carboxylic acids is 4. The van der Waals surface area contributed by atoms with E-state index in [9.17, 15) is 33.9 Å². The second-order valence-electron chi connectivity index (χ2n) is 8.73. The van der Waals surface area contributed by atoms with Crippen LogP contribution in [0.25, 0.3) is 0 Å². The Morgan fingerprint density at radius 1 is 0.882 bits per heavy atom. The lowest BCUT2D eigenvalue weighted by atomic mass is 10.1. The molecule has 2 aliphatic rings. The molecule has 2 saturated heterocycles. The van der Waals surface area contributed by atoms with E-state index < -0.39 is 66.3 Å². The molecule has 0 aromatic heterocycles. The van der Waals surface area contributed by atoms with Gasteiger partial charge in [0.1, 0.15) is 24.2 Å². The van der Waals surface area contributed by atoms with Crippen LogP contribution in [-0.2, 0) is 28.8 Å². The molecule has 13 nitrogen and oxygen atoms in total. The molecule has 0 saturated carbocycles. The minimum Gasteiger partial charge on any atom is -0.481 e. The Labute approximate surface area is 197 Å². The Bertz CT molecular complexity index is 832. The van der Waals surface area contributed by atoms with Gasteiger partial charge in [0.15, 0.2) is 0 Å². The molecule has 0 aromatic rings. The molecule has 2 aliphatic heterocycles. The first-order valence-electron chi connectivity index (χ1n) is 11.4. The number of nitrogens with zero attached hydrogens (tertiary/aromatic N) is 2. The highest BCUT2D eigenvalue weighted by Crippen LogP contribution is 2.21. The fourth-order valence-corrected chi connectivity index (χ4v) is 4.28. The molecule has 2 heterocycles. The Kier molecular flexibility index (Phi) is 9.36. The molecule has 190 valence electrons. The Hall–Kier alpha value is -3.22. The highest BCUT2D eigenvalue weighted by atomic mass is 16.4. The van der Waals surface area contributed by atoms with E-state index in [0.29, 0.717) is 32.2 Å². The number of aliphatic carboxylic acids is 2. The van der Waals surface area contributed by atoms with Gasteiger partial charge in [0.2, 0.25) is 23.6 Å². The summed E-state index contributed by atoms with van der Waals surface area (Å²) in [6.07, 6.45) is 1.19. The maximum Gasteiger partial charge on any atom is 0.326 e. The number of nitrogens with two attached hydrogens (primary N) is 1. The minimum atomic E-state index is -1.39. The van der Waals surface area contributed by atoms with Gasteiger partial charge in [0.25, 0.3) is 0 Å². The Morgan fingerprint density at radius 2 is 1.38 bits per heavy atom. The second kappa shape index (κ2) is 11.8. The topological polar surface area (TPSA) is 199 Å². The lowest BCUT2D eigenvalue weighted by Crippen LogP contribution is -2.57. The first-order chi connectivity index (χ1) is 15.9. The molecule has 0 spiro atoms. The van der Waals surface area contributed by atoms with E-state index in [1.165, 1.54) is 23.6 Å². The van der Waals surface area contributed by atoms with Gasteiger partial charge in [-0.3, -0.25) is 24.0 Å². The van der Waals surface area contributed by atoms with Gasteiger partial charge < -0.3 is 36.4 Å². The third-order valence-corrected chi connectivity index (χ3v) is 6.06. The standard InChI is InChI=1S/C21H33N5O8/c1-11(22)19(31)25-9-3-5-14(25)17(29)23-12(2)20(32)26-10-4-6-15(26)18(30)24-13(21(33)34)7-8-16(27)28/h11-15H,3-10,22H2,1-2H3,(H,23,29)(H,24,30)(H,27,28)(H,33,34)/t11-,12-,13-,14-,15-/m1/s1. The van der Waals surface area contributed by atoms with Crippen LogP contribution < -0.4 is 16.4 Å². The first-order valence-corrected chi connectivity index (χ1v) is 11.4. The monoisotopic (exact) mass is 483 g/mol. The van der Waals surface area contributed by atoms with E-state index in [4.69, 9.17) is 10.8 Å². The molecule has 5 atom stereocenters. The fourth-order valence-electron chi connectivity index (χ4n) is 4.28. The van der Waals surface area contributed by atoms with E-state index in [2.05, 4.69) is 10.6 Å². The van der Waals surface area contributed by atoms with Crippen LogP contribution in [0.1, 0.15) is 52.4 Å². The number of hydrogen-bond acceptors (Lipinski definition) is 7. The SMILES string of the molecule is C[C@@H](N)C(=O)N1CCC[C@@H]1C(=O)N[C@H](C)C(=O)N1CCC[C@@H]1C(=O)N[C@H](CCC(=O)O)C(=O)O. The minimum absolute atomic E-state index is 0.253. The highest BCUT2D eigenvalue weighted by molar-refractivity contribution is 5.95. The molecule has 0 radical (unpaired) electrons. The highest BCUT2D eigenvalue weighted by Gasteiger charge is 2.40. The van der Waals surface area contributed by atoms with E-state index in [-0.39, 0.29) is 18.9 Å². The number of nitrogens with one attached hydrogen (secondary N) is 2. The van der Waals surface area contributed by atoms with Crippen molar-refractivity contribution in [3.8, 4) is 0 Å². The fraction of sp³-hybridized carbons (Fsp3) is 0.714. The van der Waals surface area contributed by atoms with Gasteiger partial charge in [-0.25, -0.2) is 4.79 Å². The van der Waals surface area contributed by atoms with Crippen molar-refractivity contribution in [2.24, 2.45) is 5.73 Å². The molecule has 4 amide bonds. The molecule has 34 heavy (non-hydrogen) atoms. The van der Waals surface area contributed by atoms with Crippen LogP contribution in [0, 0.1) is 0 Å². The number of hydrogen-bond donors (Lipinski definition) is 5. The molecule has 0 unspecified atom stereocenters. The number of carbonyl (C=O) groups is 6. The van der Waals surface area contributed by atoms with Crippen LogP contribution in [0.15, 0.2) is 0 Å². The maximum atomic E-state index is 13.0. The van der Waals surface area contributed by atoms with Crippen molar-refractivity contribution >= 4 is 35.6 Å². The zero-order valence-corrected chi connectivity index (χ0v) is 19.4. The van der Waals surface area contributed by atoms with Gasteiger partial charge in [-0.2, -0.15) is 0 Å². The summed E-state index contributed by atoms with van der Waals surface area (Å²) in [4.78, 5) is 75.5. The van der Waals surface area contributed by atoms with Crippen molar-refractivity contribution in [2.45, 2.75) is 82.6 Å². The zero-order chi connectivity index (χ0) is 25.6. The summed E-state index contributed by atoms with van der Waals surface area (Å²) in [7, 11) is 0. The van der Waals surface area contributed by atoms with Crippen molar-refractivity contribution < 1.29 is 39.0 Å². The number of carboxylic acid groups (broad SMARTS) is 2. The molecule has 6 N–H and O–H groups in total. The van der Waals surface area contributed by atoms with E-state index in [1.54, 1.807) is 0 Å². The van der Waals surface area contributed by atoms with Gasteiger partial charge in [0, 0.05) is 19.5 Å². The van der Waals surface area contributed by atoms with Crippen LogP contribution in [0.4, 0.5) is 0 Å². The third-order valence-electron chi connectivity index (χ3n) is 6.06. The number of likely N-dealkylation sites (tertiary alicyclic amines) is 2. The van der Waals surface area contributed by atoms with Gasteiger partial charge >= 0.3 is 11.9 Å². The van der Waals surface area contributed by atoms with Crippen LogP contribution in [-0.4, -0.2) is 98.9 Å². The summed E-state index contributed by atoms with van der Waals surface area (Å²) in [5, 5.41) is 23.0. The lowest BCUT2D eigenvalue weighted by Gasteiger charge is -2.30. The van der Waals surface area contributed by atoms with Crippen molar-refractivity contribution in [1.82, 2.24) is 20.4 Å². The van der Waals surface area contributed by atoms with Gasteiger partial charge in [-0.1, -0.05) is 0 Å². The van der Waals surface area contributed by atoms with E-state index in [1.807, 2.05) is 0 Å². The molecule has 0 aromatic carbocycles. The zero-order valence-electron chi connectivity index (χ0n) is 19.4. The lowest BCUT2D eigenvalue weighted by molar-refractivity contribution is -0.145. The number of carboxylic acids is 2.